The summed E-state index contributed by atoms with van der Waals surface area (Å²) in [5.41, 5.74) is 1.72. The summed E-state index contributed by atoms with van der Waals surface area (Å²) in [6, 6.07) is 6.70. The fourth-order valence-corrected chi connectivity index (χ4v) is 2.64. The van der Waals surface area contributed by atoms with Crippen molar-refractivity contribution in [2.45, 2.75) is 32.6 Å². The number of thiazole rings is 1. The molecule has 1 heterocycles. The number of phenols is 1. The molecule has 2 aromatic rings. The lowest BCUT2D eigenvalue weighted by Gasteiger charge is -2.14. The van der Waals surface area contributed by atoms with E-state index < -0.39 is 0 Å². The number of amides is 1. The molecule has 0 saturated carbocycles. The number of hydrogen-bond acceptors (Lipinski definition) is 4. The molecule has 0 fully saturated rings. The van der Waals surface area contributed by atoms with E-state index in [-0.39, 0.29) is 23.5 Å². The Morgan fingerprint density at radius 2 is 2.15 bits per heavy atom. The van der Waals surface area contributed by atoms with Crippen molar-refractivity contribution in [1.29, 1.82) is 0 Å². The van der Waals surface area contributed by atoms with E-state index in [0.717, 1.165) is 11.3 Å². The van der Waals surface area contributed by atoms with Crippen molar-refractivity contribution < 1.29 is 9.90 Å². The second-order valence-electron chi connectivity index (χ2n) is 5.68. The predicted molar refractivity (Wildman–Crippen MR) is 81.3 cm³/mol. The number of phenolic OH excluding ortho intramolecular Hbond substituents is 1. The van der Waals surface area contributed by atoms with Crippen LogP contribution in [0.3, 0.4) is 0 Å². The van der Waals surface area contributed by atoms with Crippen LogP contribution in [-0.2, 0) is 16.6 Å². The van der Waals surface area contributed by atoms with Gasteiger partial charge in [-0.15, -0.1) is 11.3 Å². The summed E-state index contributed by atoms with van der Waals surface area (Å²) in [6.45, 7) is 6.25. The van der Waals surface area contributed by atoms with Crippen LogP contribution in [-0.4, -0.2) is 16.0 Å². The van der Waals surface area contributed by atoms with Crippen molar-refractivity contribution in [3.05, 3.63) is 40.9 Å². The van der Waals surface area contributed by atoms with Gasteiger partial charge in [0.05, 0.1) is 12.1 Å². The molecular formula is C15H18N2O2S. The van der Waals surface area contributed by atoms with Gasteiger partial charge in [0.2, 0.25) is 5.91 Å². The second-order valence-corrected chi connectivity index (χ2v) is 6.54. The van der Waals surface area contributed by atoms with Crippen molar-refractivity contribution >= 4 is 22.4 Å². The first-order chi connectivity index (χ1) is 9.34. The number of anilines is 1. The van der Waals surface area contributed by atoms with Crippen LogP contribution in [0.4, 0.5) is 5.13 Å². The van der Waals surface area contributed by atoms with Gasteiger partial charge in [-0.2, -0.15) is 0 Å². The third kappa shape index (κ3) is 3.81. The van der Waals surface area contributed by atoms with Gasteiger partial charge in [-0.1, -0.05) is 32.9 Å². The highest BCUT2D eigenvalue weighted by Crippen LogP contribution is 2.26. The van der Waals surface area contributed by atoms with Gasteiger partial charge in [0.1, 0.15) is 5.75 Å². The maximum absolute atomic E-state index is 11.9. The van der Waals surface area contributed by atoms with Crippen molar-refractivity contribution in [2.24, 2.45) is 0 Å². The smallest absolute Gasteiger partial charge is 0.230 e. The monoisotopic (exact) mass is 290 g/mol. The maximum Gasteiger partial charge on any atom is 0.230 e. The van der Waals surface area contributed by atoms with E-state index in [0.29, 0.717) is 5.13 Å². The van der Waals surface area contributed by atoms with Gasteiger partial charge in [0, 0.05) is 10.8 Å². The summed E-state index contributed by atoms with van der Waals surface area (Å²) in [6.07, 6.45) is 0.221. The van der Waals surface area contributed by atoms with Crippen LogP contribution < -0.4 is 5.32 Å². The van der Waals surface area contributed by atoms with Gasteiger partial charge in [-0.3, -0.25) is 4.79 Å². The van der Waals surface area contributed by atoms with Crippen molar-refractivity contribution in [2.75, 3.05) is 5.32 Å². The Balaban J connectivity index is 2.00. The van der Waals surface area contributed by atoms with Gasteiger partial charge in [0.15, 0.2) is 5.13 Å². The minimum atomic E-state index is -0.134. The molecule has 5 heteroatoms. The highest BCUT2D eigenvalue weighted by Gasteiger charge is 2.18. The molecule has 0 spiro atoms. The highest BCUT2D eigenvalue weighted by atomic mass is 32.1. The molecule has 20 heavy (non-hydrogen) atoms. The summed E-state index contributed by atoms with van der Waals surface area (Å²) < 4.78 is 0. The van der Waals surface area contributed by atoms with Crippen molar-refractivity contribution in [1.82, 2.24) is 4.98 Å². The number of carbonyl (C=O) groups excluding carboxylic acids is 1. The van der Waals surface area contributed by atoms with E-state index in [4.69, 9.17) is 0 Å². The van der Waals surface area contributed by atoms with Gasteiger partial charge in [-0.25, -0.2) is 4.98 Å². The van der Waals surface area contributed by atoms with Crippen LogP contribution in [0.25, 0.3) is 0 Å². The highest BCUT2D eigenvalue weighted by molar-refractivity contribution is 7.13. The maximum atomic E-state index is 11.9. The molecular weight excluding hydrogens is 272 g/mol. The lowest BCUT2D eigenvalue weighted by Crippen LogP contribution is -2.15. The zero-order valence-corrected chi connectivity index (χ0v) is 12.6. The molecule has 1 amide bonds. The molecule has 0 unspecified atom stereocenters. The van der Waals surface area contributed by atoms with Crippen LogP contribution in [0.1, 0.15) is 32.0 Å². The number of nitrogens with zero attached hydrogens (tertiary/aromatic N) is 1. The Morgan fingerprint density at radius 1 is 1.40 bits per heavy atom. The van der Waals surface area contributed by atoms with Gasteiger partial charge < -0.3 is 10.4 Å². The molecule has 0 radical (unpaired) electrons. The number of rotatable bonds is 3. The van der Waals surface area contributed by atoms with Gasteiger partial charge in [-0.05, 0) is 17.7 Å². The molecule has 0 aliphatic heterocycles. The zero-order valence-electron chi connectivity index (χ0n) is 11.8. The lowest BCUT2D eigenvalue weighted by atomic mass is 9.93. The number of aromatic nitrogens is 1. The molecule has 106 valence electrons. The first kappa shape index (κ1) is 14.5. The van der Waals surface area contributed by atoms with E-state index in [1.807, 2.05) is 11.4 Å². The largest absolute Gasteiger partial charge is 0.508 e. The average Bonchev–Trinajstić information content (AvgIpc) is 2.76. The molecule has 0 aliphatic carbocycles. The number of nitrogens with one attached hydrogen (secondary N) is 1. The first-order valence-corrected chi connectivity index (χ1v) is 7.26. The predicted octanol–water partition coefficient (Wildman–Crippen LogP) is 3.33. The van der Waals surface area contributed by atoms with Crippen molar-refractivity contribution in [3.63, 3.8) is 0 Å². The Bertz CT molecular complexity index is 614. The fourth-order valence-electron chi connectivity index (χ4n) is 1.69. The first-order valence-electron chi connectivity index (χ1n) is 6.38. The van der Waals surface area contributed by atoms with E-state index in [1.165, 1.54) is 11.3 Å². The molecule has 0 aliphatic rings. The van der Waals surface area contributed by atoms with Crippen LogP contribution in [0, 0.1) is 0 Å². The van der Waals surface area contributed by atoms with Gasteiger partial charge >= 0.3 is 0 Å². The zero-order chi connectivity index (χ0) is 14.8. The number of benzene rings is 1. The quantitative estimate of drug-likeness (QED) is 0.911. The van der Waals surface area contributed by atoms with E-state index in [1.54, 1.807) is 18.2 Å². The molecule has 0 atom stereocenters. The third-order valence-corrected chi connectivity index (χ3v) is 3.55. The molecule has 1 aromatic heterocycles. The second kappa shape index (κ2) is 5.63. The fraction of sp³-hybridized carbons (Fsp3) is 0.333. The summed E-state index contributed by atoms with van der Waals surface area (Å²) in [7, 11) is 0. The lowest BCUT2D eigenvalue weighted by molar-refractivity contribution is -0.115. The third-order valence-electron chi connectivity index (χ3n) is 2.79. The number of aromatic hydroxyl groups is 1. The Labute approximate surface area is 122 Å². The number of hydrogen-bond donors (Lipinski definition) is 2. The topological polar surface area (TPSA) is 62.2 Å². The Hall–Kier alpha value is -1.88. The number of carbonyl (C=O) groups is 1. The summed E-state index contributed by atoms with van der Waals surface area (Å²) >= 11 is 1.43. The Morgan fingerprint density at radius 3 is 2.75 bits per heavy atom. The molecule has 2 rings (SSSR count). The summed E-state index contributed by atoms with van der Waals surface area (Å²) in [5, 5.41) is 14.7. The van der Waals surface area contributed by atoms with Gasteiger partial charge in [0.25, 0.3) is 0 Å². The average molecular weight is 290 g/mol. The Kier molecular flexibility index (Phi) is 4.09. The van der Waals surface area contributed by atoms with E-state index >= 15 is 0 Å². The van der Waals surface area contributed by atoms with Crippen LogP contribution >= 0.6 is 11.3 Å². The summed E-state index contributed by atoms with van der Waals surface area (Å²) in [5.74, 6) is 0.0324. The SMILES string of the molecule is CC(C)(C)c1csc(NC(=O)Cc2cccc(O)c2)n1. The molecule has 0 bridgehead atoms. The van der Waals surface area contributed by atoms with Crippen LogP contribution in [0.15, 0.2) is 29.6 Å². The van der Waals surface area contributed by atoms with Crippen LogP contribution in [0.2, 0.25) is 0 Å². The minimum absolute atomic E-state index is 0.0231. The minimum Gasteiger partial charge on any atom is -0.508 e. The van der Waals surface area contributed by atoms with E-state index in [9.17, 15) is 9.90 Å². The standard InChI is InChI=1S/C15H18N2O2S/c1-15(2,3)12-9-20-14(16-12)17-13(19)8-10-5-4-6-11(18)7-10/h4-7,9,18H,8H2,1-3H3,(H,16,17,19). The molecule has 1 aromatic carbocycles. The molecule has 4 nitrogen and oxygen atoms in total. The molecule has 0 saturated heterocycles. The van der Waals surface area contributed by atoms with Crippen LogP contribution in [0.5, 0.6) is 5.75 Å². The normalized spacial score (nSPS) is 11.3. The molecule has 2 N–H and O–H groups in total. The van der Waals surface area contributed by atoms with E-state index in [2.05, 4.69) is 31.1 Å². The summed E-state index contributed by atoms with van der Waals surface area (Å²) in [4.78, 5) is 16.3. The van der Waals surface area contributed by atoms with Crippen molar-refractivity contribution in [3.8, 4) is 5.75 Å².